The van der Waals surface area contributed by atoms with Gasteiger partial charge < -0.3 is 9.84 Å². The first-order valence-electron chi connectivity index (χ1n) is 6.61. The Morgan fingerprint density at radius 2 is 2.17 bits per heavy atom. The van der Waals surface area contributed by atoms with Crippen LogP contribution in [-0.2, 0) is 11.3 Å². The van der Waals surface area contributed by atoms with Gasteiger partial charge in [0.1, 0.15) is 29.9 Å². The number of hydrogen-bond donors (Lipinski definition) is 1. The van der Waals surface area contributed by atoms with Crippen molar-refractivity contribution in [2.24, 2.45) is 0 Å². The van der Waals surface area contributed by atoms with E-state index in [2.05, 4.69) is 5.10 Å². The van der Waals surface area contributed by atoms with E-state index in [9.17, 15) is 9.18 Å². The van der Waals surface area contributed by atoms with Crippen LogP contribution in [-0.4, -0.2) is 20.9 Å². The number of carbonyl (C=O) groups is 1. The summed E-state index contributed by atoms with van der Waals surface area (Å²) in [6, 6.07) is 10.5. The van der Waals surface area contributed by atoms with E-state index >= 15 is 0 Å². The Kier molecular flexibility index (Phi) is 3.65. The largest absolute Gasteiger partial charge is 0.480 e. The number of rotatable bonds is 4. The molecule has 0 aliphatic carbocycles. The third kappa shape index (κ3) is 2.96. The van der Waals surface area contributed by atoms with Gasteiger partial charge in [-0.2, -0.15) is 10.4 Å². The van der Waals surface area contributed by atoms with Crippen LogP contribution in [0.4, 0.5) is 4.39 Å². The number of ether oxygens (including phenoxy) is 1. The van der Waals surface area contributed by atoms with Gasteiger partial charge in [0.05, 0.1) is 17.3 Å². The molecule has 0 aliphatic rings. The summed E-state index contributed by atoms with van der Waals surface area (Å²) < 4.78 is 20.1. The van der Waals surface area contributed by atoms with Crippen molar-refractivity contribution < 1.29 is 19.0 Å². The number of benzene rings is 2. The molecule has 0 atom stereocenters. The van der Waals surface area contributed by atoms with Crippen LogP contribution in [0.2, 0.25) is 0 Å². The van der Waals surface area contributed by atoms with E-state index in [1.54, 1.807) is 18.2 Å². The van der Waals surface area contributed by atoms with Crippen molar-refractivity contribution in [1.82, 2.24) is 9.78 Å². The molecule has 0 radical (unpaired) electrons. The molecule has 3 aromatic rings. The molecule has 7 heteroatoms. The van der Waals surface area contributed by atoms with E-state index in [0.717, 1.165) is 6.07 Å². The summed E-state index contributed by atoms with van der Waals surface area (Å²) >= 11 is 0. The molecule has 1 heterocycles. The zero-order valence-electron chi connectivity index (χ0n) is 11.7. The highest BCUT2D eigenvalue weighted by molar-refractivity contribution is 5.81. The number of carboxylic acids is 1. The predicted molar refractivity (Wildman–Crippen MR) is 78.6 cm³/mol. The van der Waals surface area contributed by atoms with Gasteiger partial charge in [-0.25, -0.2) is 4.39 Å². The van der Waals surface area contributed by atoms with Crippen molar-refractivity contribution in [3.05, 3.63) is 54.0 Å². The normalized spacial score (nSPS) is 10.4. The minimum absolute atomic E-state index is 0.0895. The van der Waals surface area contributed by atoms with Crippen molar-refractivity contribution in [3.63, 3.8) is 0 Å². The van der Waals surface area contributed by atoms with Crippen molar-refractivity contribution in [3.8, 4) is 17.6 Å². The highest BCUT2D eigenvalue weighted by Gasteiger charge is 2.10. The van der Waals surface area contributed by atoms with Crippen molar-refractivity contribution >= 4 is 16.9 Å². The number of carboxylic acid groups (broad SMARTS) is 1. The van der Waals surface area contributed by atoms with Crippen LogP contribution in [0.3, 0.4) is 0 Å². The van der Waals surface area contributed by atoms with E-state index < -0.39 is 11.8 Å². The van der Waals surface area contributed by atoms with Gasteiger partial charge in [-0.1, -0.05) is 0 Å². The van der Waals surface area contributed by atoms with Crippen LogP contribution in [0.5, 0.6) is 11.5 Å². The highest BCUT2D eigenvalue weighted by Crippen LogP contribution is 2.28. The third-order valence-electron chi connectivity index (χ3n) is 3.19. The molecule has 0 bridgehead atoms. The smallest absolute Gasteiger partial charge is 0.325 e. The van der Waals surface area contributed by atoms with Crippen LogP contribution in [0.25, 0.3) is 10.9 Å². The maximum Gasteiger partial charge on any atom is 0.325 e. The third-order valence-corrected chi connectivity index (χ3v) is 3.19. The number of fused-ring (bicyclic) bond motifs is 1. The molecule has 0 saturated carbocycles. The van der Waals surface area contributed by atoms with E-state index in [4.69, 9.17) is 15.1 Å². The fourth-order valence-electron chi connectivity index (χ4n) is 2.19. The van der Waals surface area contributed by atoms with Crippen LogP contribution in [0, 0.1) is 17.1 Å². The first-order chi connectivity index (χ1) is 11.1. The Bertz CT molecular complexity index is 943. The second-order valence-corrected chi connectivity index (χ2v) is 4.77. The van der Waals surface area contributed by atoms with Crippen LogP contribution in [0.1, 0.15) is 5.56 Å². The zero-order chi connectivity index (χ0) is 16.4. The SMILES string of the molecule is N#Cc1cc(F)ccc1Oc1ccc2c(cnn2CC(=O)O)c1. The number of hydrogen-bond acceptors (Lipinski definition) is 4. The summed E-state index contributed by atoms with van der Waals surface area (Å²) in [5.41, 5.74) is 0.742. The Morgan fingerprint density at radius 1 is 1.35 bits per heavy atom. The summed E-state index contributed by atoms with van der Waals surface area (Å²) in [5, 5.41) is 22.5. The molecule has 2 aromatic carbocycles. The van der Waals surface area contributed by atoms with Gasteiger partial charge in [-0.3, -0.25) is 9.48 Å². The van der Waals surface area contributed by atoms with E-state index in [1.165, 1.54) is 23.0 Å². The maximum absolute atomic E-state index is 13.1. The summed E-state index contributed by atoms with van der Waals surface area (Å²) in [6.45, 7) is -0.236. The fraction of sp³-hybridized carbons (Fsp3) is 0.0625. The molecule has 0 unspecified atom stereocenters. The molecule has 1 aromatic heterocycles. The van der Waals surface area contributed by atoms with Gasteiger partial charge in [-0.05, 0) is 36.4 Å². The number of aromatic nitrogens is 2. The Balaban J connectivity index is 1.93. The molecular formula is C16H10FN3O3. The fourth-order valence-corrected chi connectivity index (χ4v) is 2.19. The molecule has 0 saturated heterocycles. The Morgan fingerprint density at radius 3 is 2.91 bits per heavy atom. The van der Waals surface area contributed by atoms with Gasteiger partial charge >= 0.3 is 5.97 Å². The van der Waals surface area contributed by atoms with Crippen LogP contribution >= 0.6 is 0 Å². The summed E-state index contributed by atoms with van der Waals surface area (Å²) in [4.78, 5) is 10.8. The maximum atomic E-state index is 13.1. The van der Waals surface area contributed by atoms with Gasteiger partial charge in [-0.15, -0.1) is 0 Å². The number of nitrogens with zero attached hydrogens (tertiary/aromatic N) is 3. The lowest BCUT2D eigenvalue weighted by Crippen LogP contribution is -2.09. The average Bonchev–Trinajstić information content (AvgIpc) is 2.90. The summed E-state index contributed by atoms with van der Waals surface area (Å²) in [7, 11) is 0. The van der Waals surface area contributed by atoms with Gasteiger partial charge in [0.15, 0.2) is 0 Å². The molecule has 3 rings (SSSR count). The molecule has 0 fully saturated rings. The highest BCUT2D eigenvalue weighted by atomic mass is 19.1. The molecule has 6 nitrogen and oxygen atoms in total. The van der Waals surface area contributed by atoms with Gasteiger partial charge in [0.25, 0.3) is 0 Å². The lowest BCUT2D eigenvalue weighted by molar-refractivity contribution is -0.137. The standard InChI is InChI=1S/C16H10FN3O3/c17-12-1-4-15(10(5-12)7-18)23-13-2-3-14-11(6-13)8-19-20(14)9-16(21)22/h1-6,8H,9H2,(H,21,22). The van der Waals surface area contributed by atoms with Crippen molar-refractivity contribution in [2.75, 3.05) is 0 Å². The lowest BCUT2D eigenvalue weighted by atomic mass is 10.2. The topological polar surface area (TPSA) is 88.1 Å². The van der Waals surface area contributed by atoms with Crippen molar-refractivity contribution in [1.29, 1.82) is 5.26 Å². The minimum atomic E-state index is -0.986. The summed E-state index contributed by atoms with van der Waals surface area (Å²) in [6.07, 6.45) is 1.53. The van der Waals surface area contributed by atoms with E-state index in [0.29, 0.717) is 16.7 Å². The van der Waals surface area contributed by atoms with Crippen LogP contribution < -0.4 is 4.74 Å². The Hall–Kier alpha value is -3.40. The second kappa shape index (κ2) is 5.77. The first kappa shape index (κ1) is 14.5. The molecular weight excluding hydrogens is 301 g/mol. The molecule has 0 amide bonds. The second-order valence-electron chi connectivity index (χ2n) is 4.77. The zero-order valence-corrected chi connectivity index (χ0v) is 11.7. The lowest BCUT2D eigenvalue weighted by Gasteiger charge is -2.08. The van der Waals surface area contributed by atoms with E-state index in [-0.39, 0.29) is 17.9 Å². The number of halogens is 1. The van der Waals surface area contributed by atoms with Crippen LogP contribution in [0.15, 0.2) is 42.6 Å². The van der Waals surface area contributed by atoms with E-state index in [1.807, 2.05) is 6.07 Å². The Labute approximate surface area is 129 Å². The summed E-state index contributed by atoms with van der Waals surface area (Å²) in [5.74, 6) is -0.818. The molecule has 114 valence electrons. The van der Waals surface area contributed by atoms with Crippen molar-refractivity contribution in [2.45, 2.75) is 6.54 Å². The molecule has 0 spiro atoms. The number of nitriles is 1. The molecule has 1 N–H and O–H groups in total. The molecule has 23 heavy (non-hydrogen) atoms. The quantitative estimate of drug-likeness (QED) is 0.800. The van der Waals surface area contributed by atoms with Gasteiger partial charge in [0, 0.05) is 5.39 Å². The number of aliphatic carboxylic acids is 1. The first-order valence-corrected chi connectivity index (χ1v) is 6.61. The average molecular weight is 311 g/mol. The van der Waals surface area contributed by atoms with Gasteiger partial charge in [0.2, 0.25) is 0 Å². The minimum Gasteiger partial charge on any atom is -0.480 e. The predicted octanol–water partition coefficient (Wildman–Crippen LogP) is 2.92. The monoisotopic (exact) mass is 311 g/mol. The molecule has 0 aliphatic heterocycles.